The summed E-state index contributed by atoms with van der Waals surface area (Å²) in [6.45, 7) is 0. The Balaban J connectivity index is 0.00000117. The van der Waals surface area contributed by atoms with E-state index in [1.807, 2.05) is 0 Å². The molecule has 0 atom stereocenters. The summed E-state index contributed by atoms with van der Waals surface area (Å²) in [7, 11) is 4.12. The molecule has 29 heavy (non-hydrogen) atoms. The number of benzene rings is 4. The number of halogens is 1. The quantitative estimate of drug-likeness (QED) is 0.136. The second kappa shape index (κ2) is 12.0. The van der Waals surface area contributed by atoms with Gasteiger partial charge in [-0.15, -0.1) is 0 Å². The monoisotopic (exact) mass is 579 g/mol. The van der Waals surface area contributed by atoms with Crippen molar-refractivity contribution < 1.29 is 23.2 Å². The third-order valence-electron chi connectivity index (χ3n) is 4.44. The van der Waals surface area contributed by atoms with E-state index in [1.54, 1.807) is 0 Å². The standard InChI is InChI=1S/C26H21P.ClH.Hf/c1-5-13-22(14-6-1)21-26(23-15-7-2-8-16-23)27(24-17-9-3-10-18-24)25-19-11-4-12-20-25;;/h1-21H;1H;/q;;+1/p-1. The maximum atomic E-state index is 4.78. The molecule has 0 bridgehead atoms. The van der Waals surface area contributed by atoms with E-state index in [0.717, 1.165) is 23.2 Å². The van der Waals surface area contributed by atoms with Gasteiger partial charge in [-0.2, -0.15) is 0 Å². The van der Waals surface area contributed by atoms with E-state index in [9.17, 15) is 0 Å². The number of hydrogen-bond acceptors (Lipinski definition) is 0. The van der Waals surface area contributed by atoms with Crippen LogP contribution in [0.4, 0.5) is 0 Å². The van der Waals surface area contributed by atoms with Crippen molar-refractivity contribution in [3.63, 3.8) is 0 Å². The van der Waals surface area contributed by atoms with Crippen molar-refractivity contribution in [1.29, 1.82) is 0 Å². The van der Waals surface area contributed by atoms with E-state index < -0.39 is 7.92 Å². The SMILES string of the molecule is C(=C(c1ccccc1)P(c1ccccc1)c1ccccc1)c1ccccc1.[Cl][Hf]. The minimum atomic E-state index is -0.653. The predicted octanol–water partition coefficient (Wildman–Crippen LogP) is 7.00. The Morgan fingerprint density at radius 3 is 1.38 bits per heavy atom. The molecule has 4 aromatic rings. The van der Waals surface area contributed by atoms with Crippen LogP contribution in [-0.2, 0) is 23.2 Å². The molecule has 0 unspecified atom stereocenters. The van der Waals surface area contributed by atoms with E-state index >= 15 is 0 Å². The third-order valence-corrected chi connectivity index (χ3v) is 6.94. The van der Waals surface area contributed by atoms with Crippen molar-refractivity contribution in [1.82, 2.24) is 0 Å². The second-order valence-electron chi connectivity index (χ2n) is 6.31. The van der Waals surface area contributed by atoms with Crippen molar-refractivity contribution in [3.05, 3.63) is 132 Å². The van der Waals surface area contributed by atoms with Gasteiger partial charge >= 0.3 is 31.8 Å². The van der Waals surface area contributed by atoms with Crippen LogP contribution in [0.3, 0.4) is 0 Å². The summed E-state index contributed by atoms with van der Waals surface area (Å²) in [5, 5.41) is 4.10. The number of hydrogen-bond donors (Lipinski definition) is 0. The summed E-state index contributed by atoms with van der Waals surface area (Å²) >= 11 is 0.778. The fourth-order valence-electron chi connectivity index (χ4n) is 3.17. The molecule has 0 aliphatic heterocycles. The van der Waals surface area contributed by atoms with Crippen molar-refractivity contribution in [3.8, 4) is 0 Å². The molecular weight excluding hydrogens is 557 g/mol. The van der Waals surface area contributed by atoms with Crippen molar-refractivity contribution in [2.45, 2.75) is 0 Å². The molecule has 0 nitrogen and oxygen atoms in total. The molecule has 0 spiro atoms. The van der Waals surface area contributed by atoms with E-state index in [2.05, 4.69) is 127 Å². The Morgan fingerprint density at radius 1 is 0.552 bits per heavy atom. The van der Waals surface area contributed by atoms with E-state index in [0.29, 0.717) is 0 Å². The summed E-state index contributed by atoms with van der Waals surface area (Å²) in [6.07, 6.45) is 2.35. The molecule has 0 aliphatic carbocycles. The van der Waals surface area contributed by atoms with Crippen LogP contribution in [0.25, 0.3) is 11.4 Å². The van der Waals surface area contributed by atoms with Gasteiger partial charge in [0.25, 0.3) is 0 Å². The van der Waals surface area contributed by atoms with Crippen LogP contribution in [0.1, 0.15) is 11.1 Å². The fourth-order valence-corrected chi connectivity index (χ4v) is 5.65. The van der Waals surface area contributed by atoms with Crippen LogP contribution in [0, 0.1) is 0 Å². The van der Waals surface area contributed by atoms with Crippen LogP contribution in [0.5, 0.6) is 0 Å². The molecule has 0 saturated heterocycles. The first-order valence-corrected chi connectivity index (χ1v) is 15.1. The van der Waals surface area contributed by atoms with Crippen molar-refractivity contribution in [2.75, 3.05) is 0 Å². The summed E-state index contributed by atoms with van der Waals surface area (Å²) in [6, 6.07) is 43.1. The van der Waals surface area contributed by atoms with Gasteiger partial charge in [-0.3, -0.25) is 0 Å². The van der Waals surface area contributed by atoms with Crippen LogP contribution < -0.4 is 10.6 Å². The van der Waals surface area contributed by atoms with Crippen molar-refractivity contribution >= 4 is 38.5 Å². The van der Waals surface area contributed by atoms with Crippen LogP contribution in [-0.4, -0.2) is 0 Å². The van der Waals surface area contributed by atoms with Gasteiger partial charge in [-0.1, -0.05) is 121 Å². The first-order chi connectivity index (χ1) is 14.4. The molecule has 4 aromatic carbocycles. The van der Waals surface area contributed by atoms with Crippen molar-refractivity contribution in [2.24, 2.45) is 0 Å². The van der Waals surface area contributed by atoms with E-state index in [-0.39, 0.29) is 0 Å². The molecule has 4 rings (SSSR count). The Hall–Kier alpha value is -1.79. The van der Waals surface area contributed by atoms with Crippen LogP contribution in [0.15, 0.2) is 121 Å². The summed E-state index contributed by atoms with van der Waals surface area (Å²) in [4.78, 5) is 0. The predicted molar refractivity (Wildman–Crippen MR) is 126 cm³/mol. The maximum absolute atomic E-state index is 4.78. The van der Waals surface area contributed by atoms with Crippen LogP contribution >= 0.6 is 16.5 Å². The molecule has 0 saturated carbocycles. The Bertz CT molecular complexity index is 964. The normalized spacial score (nSPS) is 10.9. The molecule has 0 radical (unpaired) electrons. The zero-order chi connectivity index (χ0) is 20.3. The van der Waals surface area contributed by atoms with E-state index in [1.165, 1.54) is 27.1 Å². The number of rotatable bonds is 5. The van der Waals surface area contributed by atoms with E-state index in [4.69, 9.17) is 8.58 Å². The summed E-state index contributed by atoms with van der Waals surface area (Å²) in [5.74, 6) is 0. The molecule has 0 N–H and O–H groups in total. The fraction of sp³-hybridized carbons (Fsp3) is 0. The van der Waals surface area contributed by atoms with Gasteiger partial charge in [0.2, 0.25) is 0 Å². The molecular formula is C26H21ClHfP. The van der Waals surface area contributed by atoms with Gasteiger partial charge in [0.15, 0.2) is 0 Å². The minimum absolute atomic E-state index is 0.653. The molecule has 0 aliphatic rings. The summed E-state index contributed by atoms with van der Waals surface area (Å²) < 4.78 is 0. The van der Waals surface area contributed by atoms with Gasteiger partial charge in [-0.05, 0) is 41.0 Å². The Morgan fingerprint density at radius 2 is 0.931 bits per heavy atom. The van der Waals surface area contributed by atoms with Gasteiger partial charge < -0.3 is 0 Å². The average molecular weight is 578 g/mol. The second-order valence-corrected chi connectivity index (χ2v) is 8.50. The van der Waals surface area contributed by atoms with Crippen LogP contribution in [0.2, 0.25) is 0 Å². The van der Waals surface area contributed by atoms with Gasteiger partial charge in [0.1, 0.15) is 0 Å². The van der Waals surface area contributed by atoms with Gasteiger partial charge in [0, 0.05) is 0 Å². The van der Waals surface area contributed by atoms with Gasteiger partial charge in [-0.25, -0.2) is 0 Å². The topological polar surface area (TPSA) is 0 Å². The first-order valence-electron chi connectivity index (χ1n) is 9.33. The molecule has 0 fully saturated rings. The third kappa shape index (κ3) is 6.09. The zero-order valence-electron chi connectivity index (χ0n) is 15.9. The zero-order valence-corrected chi connectivity index (χ0v) is 21.2. The first kappa shape index (κ1) is 21.9. The molecule has 3 heteroatoms. The molecule has 141 valence electrons. The van der Waals surface area contributed by atoms with Gasteiger partial charge in [0.05, 0.1) is 0 Å². The Labute approximate surface area is 193 Å². The molecule has 0 aromatic heterocycles. The molecule has 0 heterocycles. The average Bonchev–Trinajstić information content (AvgIpc) is 2.83. The summed E-state index contributed by atoms with van der Waals surface area (Å²) in [5.41, 5.74) is 2.51. The Kier molecular flexibility index (Phi) is 9.09. The molecule has 0 amide bonds.